The molecule has 0 fully saturated rings. The molecule has 4 rings (SSSR count). The maximum absolute atomic E-state index is 14.6. The zero-order valence-corrected chi connectivity index (χ0v) is 15.1. The molecule has 1 aliphatic rings. The lowest BCUT2D eigenvalue weighted by molar-refractivity contribution is 0.0792. The molecule has 0 radical (unpaired) electrons. The normalized spacial score (nSPS) is 21.0. The summed E-state index contributed by atoms with van der Waals surface area (Å²) in [5.74, 6) is -0.443. The van der Waals surface area contributed by atoms with Crippen molar-refractivity contribution in [3.63, 3.8) is 0 Å². The highest BCUT2D eigenvalue weighted by Crippen LogP contribution is 2.46. The van der Waals surface area contributed by atoms with Gasteiger partial charge in [0.15, 0.2) is 0 Å². The van der Waals surface area contributed by atoms with Gasteiger partial charge in [-0.05, 0) is 29.7 Å². The molecule has 1 aromatic heterocycles. The van der Waals surface area contributed by atoms with Gasteiger partial charge in [-0.3, -0.25) is 0 Å². The van der Waals surface area contributed by atoms with E-state index in [0.29, 0.717) is 17.7 Å². The van der Waals surface area contributed by atoms with E-state index < -0.39 is 11.4 Å². The van der Waals surface area contributed by atoms with Crippen molar-refractivity contribution in [1.82, 2.24) is 9.55 Å². The summed E-state index contributed by atoms with van der Waals surface area (Å²) in [4.78, 5) is 4.18. The van der Waals surface area contributed by atoms with Crippen LogP contribution >= 0.6 is 0 Å². The smallest absolute Gasteiger partial charge is 0.133 e. The molecule has 5 heteroatoms. The van der Waals surface area contributed by atoms with E-state index in [9.17, 15) is 9.50 Å². The summed E-state index contributed by atoms with van der Waals surface area (Å²) in [6.45, 7) is 2.13. The first-order chi connectivity index (χ1) is 13.1. The minimum absolute atomic E-state index is 0.280. The van der Waals surface area contributed by atoms with Gasteiger partial charge in [-0.1, -0.05) is 43.7 Å². The molecule has 0 spiro atoms. The van der Waals surface area contributed by atoms with Crippen LogP contribution in [0.2, 0.25) is 0 Å². The lowest BCUT2D eigenvalue weighted by Gasteiger charge is -2.23. The molecule has 0 amide bonds. The van der Waals surface area contributed by atoms with Crippen LogP contribution in [0.5, 0.6) is 0 Å². The Morgan fingerprint density at radius 3 is 2.74 bits per heavy atom. The van der Waals surface area contributed by atoms with E-state index >= 15 is 0 Å². The van der Waals surface area contributed by atoms with E-state index in [1.807, 2.05) is 34.9 Å². The number of aliphatic hydroxyl groups is 1. The topological polar surface area (TPSA) is 61.8 Å². The van der Waals surface area contributed by atoms with Gasteiger partial charge >= 0.3 is 0 Å². The number of aromatic nitrogens is 2. The third-order valence-electron chi connectivity index (χ3n) is 5.37. The molecule has 4 nitrogen and oxygen atoms in total. The second-order valence-electron chi connectivity index (χ2n) is 7.06. The standard InChI is InChI=1S/C22H20FN3O/c1-2-3-15-4-7-17(8-5-15)22(27)11-20(26-14-25-13-21(22)26)18-9-6-16(12-24)10-19(18)23/h4-10,13-14,20,27H,2-3,11H2,1H3/t20-,22+/m1/s1. The van der Waals surface area contributed by atoms with Gasteiger partial charge in [-0.25, -0.2) is 9.37 Å². The summed E-state index contributed by atoms with van der Waals surface area (Å²) >= 11 is 0. The fraction of sp³-hybridized carbons (Fsp3) is 0.273. The quantitative estimate of drug-likeness (QED) is 0.762. The first kappa shape index (κ1) is 17.4. The molecule has 27 heavy (non-hydrogen) atoms. The fourth-order valence-corrected chi connectivity index (χ4v) is 3.98. The Balaban J connectivity index is 1.74. The van der Waals surface area contributed by atoms with Gasteiger partial charge in [0.05, 0.1) is 35.9 Å². The van der Waals surface area contributed by atoms with Crippen LogP contribution in [0.25, 0.3) is 0 Å². The van der Waals surface area contributed by atoms with Gasteiger partial charge in [0, 0.05) is 12.0 Å². The van der Waals surface area contributed by atoms with Crippen molar-refractivity contribution in [3.8, 4) is 6.07 Å². The molecule has 2 atom stereocenters. The van der Waals surface area contributed by atoms with Crippen molar-refractivity contribution in [1.29, 1.82) is 5.26 Å². The number of aryl methyl sites for hydroxylation is 1. The minimum Gasteiger partial charge on any atom is -0.379 e. The Bertz CT molecular complexity index is 1020. The lowest BCUT2D eigenvalue weighted by atomic mass is 9.86. The van der Waals surface area contributed by atoms with Gasteiger partial charge in [0.2, 0.25) is 0 Å². The maximum Gasteiger partial charge on any atom is 0.133 e. The monoisotopic (exact) mass is 361 g/mol. The van der Waals surface area contributed by atoms with Crippen LogP contribution in [-0.4, -0.2) is 14.7 Å². The third-order valence-corrected chi connectivity index (χ3v) is 5.37. The highest BCUT2D eigenvalue weighted by atomic mass is 19.1. The lowest BCUT2D eigenvalue weighted by Crippen LogP contribution is -2.24. The molecule has 0 saturated heterocycles. The SMILES string of the molecule is CCCc1ccc([C@@]2(O)C[C@H](c3ccc(C#N)cc3F)n3cncc32)cc1. The van der Waals surface area contributed by atoms with Gasteiger partial charge in [0.1, 0.15) is 11.4 Å². The van der Waals surface area contributed by atoms with E-state index in [-0.39, 0.29) is 11.6 Å². The number of fused-ring (bicyclic) bond motifs is 1. The van der Waals surface area contributed by atoms with Crippen LogP contribution in [0.3, 0.4) is 0 Å². The van der Waals surface area contributed by atoms with Crippen molar-refractivity contribution >= 4 is 0 Å². The summed E-state index contributed by atoms with van der Waals surface area (Å²) in [6, 6.07) is 14.0. The van der Waals surface area contributed by atoms with Gasteiger partial charge in [0.25, 0.3) is 0 Å². The number of halogens is 1. The zero-order valence-electron chi connectivity index (χ0n) is 15.1. The van der Waals surface area contributed by atoms with Gasteiger partial charge < -0.3 is 9.67 Å². The molecular formula is C22H20FN3O. The molecule has 1 N–H and O–H groups in total. The van der Waals surface area contributed by atoms with Crippen molar-refractivity contribution in [2.45, 2.75) is 37.8 Å². The highest BCUT2D eigenvalue weighted by Gasteiger charge is 2.45. The van der Waals surface area contributed by atoms with Crippen LogP contribution < -0.4 is 0 Å². The largest absolute Gasteiger partial charge is 0.379 e. The Labute approximate surface area is 157 Å². The van der Waals surface area contributed by atoms with E-state index in [0.717, 1.165) is 18.4 Å². The molecule has 0 bridgehead atoms. The number of nitrogens with zero attached hydrogens (tertiary/aromatic N) is 3. The van der Waals surface area contributed by atoms with Crippen LogP contribution in [0.4, 0.5) is 4.39 Å². The van der Waals surface area contributed by atoms with E-state index in [4.69, 9.17) is 5.26 Å². The maximum atomic E-state index is 14.6. The fourth-order valence-electron chi connectivity index (χ4n) is 3.98. The summed E-state index contributed by atoms with van der Waals surface area (Å²) in [5, 5.41) is 20.5. The Kier molecular flexibility index (Phi) is 4.29. The number of hydrogen-bond acceptors (Lipinski definition) is 3. The number of hydrogen-bond donors (Lipinski definition) is 1. The summed E-state index contributed by atoms with van der Waals surface area (Å²) in [7, 11) is 0. The number of benzene rings is 2. The molecular weight excluding hydrogens is 341 g/mol. The number of imidazole rings is 1. The van der Waals surface area contributed by atoms with E-state index in [1.54, 1.807) is 24.7 Å². The molecule has 0 saturated carbocycles. The second-order valence-corrected chi connectivity index (χ2v) is 7.06. The molecule has 1 aliphatic heterocycles. The summed E-state index contributed by atoms with van der Waals surface area (Å²) in [6.07, 6.45) is 5.65. The highest BCUT2D eigenvalue weighted by molar-refractivity contribution is 5.41. The molecule has 2 heterocycles. The van der Waals surface area contributed by atoms with Crippen LogP contribution in [0, 0.1) is 17.1 Å². The predicted octanol–water partition coefficient (Wildman–Crippen LogP) is 4.08. The molecule has 0 aliphatic carbocycles. The second kappa shape index (κ2) is 6.64. The van der Waals surface area contributed by atoms with Crippen molar-refractivity contribution in [2.24, 2.45) is 0 Å². The summed E-state index contributed by atoms with van der Waals surface area (Å²) < 4.78 is 16.4. The Morgan fingerprint density at radius 2 is 2.07 bits per heavy atom. The number of nitriles is 1. The zero-order chi connectivity index (χ0) is 19.0. The number of rotatable bonds is 4. The van der Waals surface area contributed by atoms with E-state index in [2.05, 4.69) is 11.9 Å². The van der Waals surface area contributed by atoms with Gasteiger partial charge in [-0.15, -0.1) is 0 Å². The molecule has 136 valence electrons. The van der Waals surface area contributed by atoms with Crippen LogP contribution in [0.15, 0.2) is 55.0 Å². The van der Waals surface area contributed by atoms with E-state index in [1.165, 1.54) is 11.6 Å². The van der Waals surface area contributed by atoms with Gasteiger partial charge in [-0.2, -0.15) is 5.26 Å². The third kappa shape index (κ3) is 2.83. The molecule has 2 aromatic carbocycles. The first-order valence-corrected chi connectivity index (χ1v) is 9.10. The average molecular weight is 361 g/mol. The van der Waals surface area contributed by atoms with Crippen molar-refractivity contribution in [2.75, 3.05) is 0 Å². The minimum atomic E-state index is -1.23. The van der Waals surface area contributed by atoms with Crippen molar-refractivity contribution in [3.05, 3.63) is 88.8 Å². The van der Waals surface area contributed by atoms with Crippen LogP contribution in [0.1, 0.15) is 53.8 Å². The predicted molar refractivity (Wildman–Crippen MR) is 99.5 cm³/mol. The van der Waals surface area contributed by atoms with Crippen molar-refractivity contribution < 1.29 is 9.50 Å². The average Bonchev–Trinajstić information content (AvgIpc) is 3.26. The first-order valence-electron chi connectivity index (χ1n) is 9.10. The molecule has 0 unspecified atom stereocenters. The molecule has 3 aromatic rings. The Hall–Kier alpha value is -2.97. The van der Waals surface area contributed by atoms with Crippen LogP contribution in [-0.2, 0) is 12.0 Å². The summed E-state index contributed by atoms with van der Waals surface area (Å²) in [5.41, 5.74) is 2.16. The Morgan fingerprint density at radius 1 is 1.30 bits per heavy atom.